The minimum Gasteiger partial charge on any atom is -0.380 e. The predicted octanol–water partition coefficient (Wildman–Crippen LogP) is 2.19. The maximum Gasteiger partial charge on any atom is 0.0710 e. The highest BCUT2D eigenvalue weighted by Crippen LogP contribution is 2.30. The average molecular weight is 248 g/mol. The van der Waals surface area contributed by atoms with Crippen molar-refractivity contribution in [2.75, 3.05) is 25.1 Å². The van der Waals surface area contributed by atoms with Gasteiger partial charge in [-0.3, -0.25) is 0 Å². The van der Waals surface area contributed by atoms with Crippen LogP contribution in [0.2, 0.25) is 0 Å². The maximum absolute atomic E-state index is 5.68. The summed E-state index contributed by atoms with van der Waals surface area (Å²) in [7, 11) is 1.74. The van der Waals surface area contributed by atoms with E-state index in [1.165, 1.54) is 24.1 Å². The average Bonchev–Trinajstić information content (AvgIpc) is 2.42. The maximum atomic E-state index is 5.68. The summed E-state index contributed by atoms with van der Waals surface area (Å²) >= 11 is 0. The third kappa shape index (κ3) is 2.85. The third-order valence-electron chi connectivity index (χ3n) is 3.95. The lowest BCUT2D eigenvalue weighted by Gasteiger charge is -2.37. The zero-order valence-electron chi connectivity index (χ0n) is 11.4. The molecule has 0 saturated heterocycles. The molecule has 18 heavy (non-hydrogen) atoms. The van der Waals surface area contributed by atoms with Crippen LogP contribution in [0.4, 0.5) is 5.69 Å². The van der Waals surface area contributed by atoms with E-state index in [-0.39, 0.29) is 6.10 Å². The standard InChI is InChI=1S/C15H24N2O/c1-12-7-8-13-5-3-4-6-15(13)17(12)10-9-14(11-16)18-2/h3-6,12,14H,7-11,16H2,1-2H3. The lowest BCUT2D eigenvalue weighted by Crippen LogP contribution is -2.40. The predicted molar refractivity (Wildman–Crippen MR) is 76.0 cm³/mol. The van der Waals surface area contributed by atoms with Crippen LogP contribution in [0.3, 0.4) is 0 Å². The molecule has 0 fully saturated rings. The van der Waals surface area contributed by atoms with Crippen LogP contribution in [0.25, 0.3) is 0 Å². The Bertz CT molecular complexity index is 377. The highest BCUT2D eigenvalue weighted by molar-refractivity contribution is 5.56. The smallest absolute Gasteiger partial charge is 0.0710 e. The second kappa shape index (κ2) is 6.21. The molecule has 2 rings (SSSR count). The fourth-order valence-electron chi connectivity index (χ4n) is 2.72. The van der Waals surface area contributed by atoms with Gasteiger partial charge in [0, 0.05) is 31.9 Å². The van der Waals surface area contributed by atoms with Crippen molar-refractivity contribution in [3.05, 3.63) is 29.8 Å². The van der Waals surface area contributed by atoms with Crippen molar-refractivity contribution < 1.29 is 4.74 Å². The van der Waals surface area contributed by atoms with Gasteiger partial charge in [-0.25, -0.2) is 0 Å². The Balaban J connectivity index is 2.07. The van der Waals surface area contributed by atoms with Crippen LogP contribution in [0, 0.1) is 0 Å². The van der Waals surface area contributed by atoms with Crippen molar-refractivity contribution in [1.29, 1.82) is 0 Å². The van der Waals surface area contributed by atoms with E-state index in [1.54, 1.807) is 7.11 Å². The van der Waals surface area contributed by atoms with E-state index < -0.39 is 0 Å². The van der Waals surface area contributed by atoms with Gasteiger partial charge in [-0.05, 0) is 37.8 Å². The van der Waals surface area contributed by atoms with Gasteiger partial charge in [0.1, 0.15) is 0 Å². The van der Waals surface area contributed by atoms with Gasteiger partial charge in [-0.2, -0.15) is 0 Å². The Morgan fingerprint density at radius 1 is 1.44 bits per heavy atom. The molecule has 2 N–H and O–H groups in total. The molecular formula is C15H24N2O. The highest BCUT2D eigenvalue weighted by atomic mass is 16.5. The quantitative estimate of drug-likeness (QED) is 0.868. The first-order valence-corrected chi connectivity index (χ1v) is 6.83. The lowest BCUT2D eigenvalue weighted by molar-refractivity contribution is 0.103. The van der Waals surface area contributed by atoms with Gasteiger partial charge in [-0.15, -0.1) is 0 Å². The molecule has 0 bridgehead atoms. The summed E-state index contributed by atoms with van der Waals surface area (Å²) in [5.41, 5.74) is 8.55. The molecule has 0 spiro atoms. The Kier molecular flexibility index (Phi) is 4.61. The fourth-order valence-corrected chi connectivity index (χ4v) is 2.72. The van der Waals surface area contributed by atoms with Crippen molar-refractivity contribution in [2.45, 2.75) is 38.3 Å². The molecule has 0 radical (unpaired) electrons. The van der Waals surface area contributed by atoms with E-state index in [1.807, 2.05) is 0 Å². The Morgan fingerprint density at radius 2 is 2.22 bits per heavy atom. The summed E-state index contributed by atoms with van der Waals surface area (Å²) in [5, 5.41) is 0. The van der Waals surface area contributed by atoms with Crippen LogP contribution in [0.1, 0.15) is 25.3 Å². The normalized spacial score (nSPS) is 20.6. The van der Waals surface area contributed by atoms with E-state index >= 15 is 0 Å². The molecule has 1 aromatic rings. The van der Waals surface area contributed by atoms with Crippen LogP contribution < -0.4 is 10.6 Å². The third-order valence-corrected chi connectivity index (χ3v) is 3.95. The topological polar surface area (TPSA) is 38.5 Å². The minimum absolute atomic E-state index is 0.172. The Morgan fingerprint density at radius 3 is 2.94 bits per heavy atom. The van der Waals surface area contributed by atoms with E-state index in [9.17, 15) is 0 Å². The number of aryl methyl sites for hydroxylation is 1. The van der Waals surface area contributed by atoms with Crippen molar-refractivity contribution in [1.82, 2.24) is 0 Å². The van der Waals surface area contributed by atoms with Gasteiger partial charge >= 0.3 is 0 Å². The van der Waals surface area contributed by atoms with Crippen LogP contribution >= 0.6 is 0 Å². The van der Waals surface area contributed by atoms with E-state index in [0.29, 0.717) is 12.6 Å². The second-order valence-electron chi connectivity index (χ2n) is 5.09. The lowest BCUT2D eigenvalue weighted by atomic mass is 9.96. The molecule has 100 valence electrons. The van der Waals surface area contributed by atoms with Crippen LogP contribution in [-0.4, -0.2) is 32.3 Å². The van der Waals surface area contributed by atoms with Gasteiger partial charge in [-0.1, -0.05) is 18.2 Å². The summed E-state index contributed by atoms with van der Waals surface area (Å²) in [5.74, 6) is 0. The number of methoxy groups -OCH3 is 1. The van der Waals surface area contributed by atoms with Crippen molar-refractivity contribution >= 4 is 5.69 Å². The number of nitrogens with two attached hydrogens (primary N) is 1. The van der Waals surface area contributed by atoms with Crippen molar-refractivity contribution in [3.63, 3.8) is 0 Å². The number of benzene rings is 1. The van der Waals surface area contributed by atoms with E-state index in [0.717, 1.165) is 13.0 Å². The van der Waals surface area contributed by atoms with E-state index in [4.69, 9.17) is 10.5 Å². The Labute approximate surface area is 110 Å². The summed E-state index contributed by atoms with van der Waals surface area (Å²) in [6.07, 6.45) is 3.59. The molecular weight excluding hydrogens is 224 g/mol. The molecule has 0 aliphatic carbocycles. The fraction of sp³-hybridized carbons (Fsp3) is 0.600. The number of hydrogen-bond acceptors (Lipinski definition) is 3. The molecule has 1 heterocycles. The van der Waals surface area contributed by atoms with Gasteiger partial charge in [0.25, 0.3) is 0 Å². The van der Waals surface area contributed by atoms with Crippen LogP contribution in [-0.2, 0) is 11.2 Å². The summed E-state index contributed by atoms with van der Waals surface area (Å²) < 4.78 is 5.36. The van der Waals surface area contributed by atoms with Gasteiger partial charge < -0.3 is 15.4 Å². The van der Waals surface area contributed by atoms with Crippen LogP contribution in [0.15, 0.2) is 24.3 Å². The number of ether oxygens (including phenoxy) is 1. The molecule has 0 amide bonds. The summed E-state index contributed by atoms with van der Waals surface area (Å²) in [6.45, 7) is 3.93. The van der Waals surface area contributed by atoms with Gasteiger partial charge in [0.15, 0.2) is 0 Å². The Hall–Kier alpha value is -1.06. The molecule has 1 aromatic carbocycles. The highest BCUT2D eigenvalue weighted by Gasteiger charge is 2.22. The van der Waals surface area contributed by atoms with Crippen molar-refractivity contribution in [2.24, 2.45) is 5.73 Å². The number of fused-ring (bicyclic) bond motifs is 1. The van der Waals surface area contributed by atoms with E-state index in [2.05, 4.69) is 36.1 Å². The molecule has 0 aromatic heterocycles. The molecule has 2 atom stereocenters. The number of anilines is 1. The first kappa shape index (κ1) is 13.4. The zero-order valence-corrected chi connectivity index (χ0v) is 11.4. The minimum atomic E-state index is 0.172. The first-order chi connectivity index (χ1) is 8.76. The largest absolute Gasteiger partial charge is 0.380 e. The molecule has 3 heteroatoms. The SMILES string of the molecule is COC(CN)CCN1c2ccccc2CCC1C. The zero-order chi connectivity index (χ0) is 13.0. The number of rotatable bonds is 5. The summed E-state index contributed by atoms with van der Waals surface area (Å²) in [6, 6.07) is 9.33. The molecule has 2 unspecified atom stereocenters. The monoisotopic (exact) mass is 248 g/mol. The van der Waals surface area contributed by atoms with Crippen molar-refractivity contribution in [3.8, 4) is 0 Å². The molecule has 0 saturated carbocycles. The number of hydrogen-bond donors (Lipinski definition) is 1. The molecule has 3 nitrogen and oxygen atoms in total. The number of para-hydroxylation sites is 1. The molecule has 1 aliphatic rings. The van der Waals surface area contributed by atoms with Gasteiger partial charge in [0.05, 0.1) is 6.10 Å². The van der Waals surface area contributed by atoms with Gasteiger partial charge in [0.2, 0.25) is 0 Å². The first-order valence-electron chi connectivity index (χ1n) is 6.83. The van der Waals surface area contributed by atoms with Crippen LogP contribution in [0.5, 0.6) is 0 Å². The number of nitrogens with zero attached hydrogens (tertiary/aromatic N) is 1. The second-order valence-corrected chi connectivity index (χ2v) is 5.09. The molecule has 1 aliphatic heterocycles. The summed E-state index contributed by atoms with van der Waals surface area (Å²) in [4.78, 5) is 2.50.